The summed E-state index contributed by atoms with van der Waals surface area (Å²) in [5.74, 6) is -0.864. The summed E-state index contributed by atoms with van der Waals surface area (Å²) in [5.41, 5.74) is 5.81. The molecule has 0 saturated heterocycles. The predicted octanol–water partition coefficient (Wildman–Crippen LogP) is 3.92. The van der Waals surface area contributed by atoms with Gasteiger partial charge in [0.15, 0.2) is 0 Å². The predicted molar refractivity (Wildman–Crippen MR) is 81.0 cm³/mol. The van der Waals surface area contributed by atoms with Crippen LogP contribution in [0, 0.1) is 13.8 Å². The molecule has 3 nitrogen and oxygen atoms in total. The van der Waals surface area contributed by atoms with Crippen LogP contribution in [-0.2, 0) is 12.8 Å². The lowest BCUT2D eigenvalue weighted by Gasteiger charge is -2.18. The van der Waals surface area contributed by atoms with E-state index >= 15 is 0 Å². The molecule has 0 saturated carbocycles. The minimum absolute atomic E-state index is 0.385. The molecule has 0 bridgehead atoms. The van der Waals surface area contributed by atoms with Crippen molar-refractivity contribution in [2.24, 2.45) is 0 Å². The highest BCUT2D eigenvalue weighted by atomic mass is 16.4. The van der Waals surface area contributed by atoms with Gasteiger partial charge in [-0.2, -0.15) is 0 Å². The topological polar surface area (TPSA) is 42.2 Å². The Morgan fingerprint density at radius 1 is 1.15 bits per heavy atom. The maximum Gasteiger partial charge on any atom is 0.337 e. The molecule has 0 radical (unpaired) electrons. The van der Waals surface area contributed by atoms with Crippen molar-refractivity contribution in [3.8, 4) is 5.69 Å². The van der Waals surface area contributed by atoms with Crippen LogP contribution in [0.25, 0.3) is 5.69 Å². The minimum Gasteiger partial charge on any atom is -0.478 e. The number of carboxylic acids is 1. The van der Waals surface area contributed by atoms with E-state index in [1.54, 1.807) is 6.07 Å². The summed E-state index contributed by atoms with van der Waals surface area (Å²) in [4.78, 5) is 11.3. The van der Waals surface area contributed by atoms with Gasteiger partial charge < -0.3 is 9.67 Å². The Labute approximate surface area is 119 Å². The van der Waals surface area contributed by atoms with E-state index in [0.717, 1.165) is 29.9 Å². The monoisotopic (exact) mass is 271 g/mol. The molecule has 3 heteroatoms. The van der Waals surface area contributed by atoms with Crippen molar-refractivity contribution in [2.45, 2.75) is 40.5 Å². The van der Waals surface area contributed by atoms with Gasteiger partial charge >= 0.3 is 5.97 Å². The zero-order chi connectivity index (χ0) is 14.9. The molecule has 1 heterocycles. The third-order valence-corrected chi connectivity index (χ3v) is 3.85. The van der Waals surface area contributed by atoms with Crippen LogP contribution < -0.4 is 0 Å². The van der Waals surface area contributed by atoms with E-state index < -0.39 is 5.97 Å². The van der Waals surface area contributed by atoms with Gasteiger partial charge in [0, 0.05) is 11.4 Å². The van der Waals surface area contributed by atoms with Gasteiger partial charge in [0.2, 0.25) is 0 Å². The van der Waals surface area contributed by atoms with Crippen molar-refractivity contribution in [1.82, 2.24) is 4.57 Å². The Morgan fingerprint density at radius 2 is 1.70 bits per heavy atom. The number of hydrogen-bond donors (Lipinski definition) is 1. The Bertz CT molecular complexity index is 631. The summed E-state index contributed by atoms with van der Waals surface area (Å²) in [5, 5.41) is 9.29. The summed E-state index contributed by atoms with van der Waals surface area (Å²) in [6.45, 7) is 8.10. The summed E-state index contributed by atoms with van der Waals surface area (Å²) in [7, 11) is 0. The quantitative estimate of drug-likeness (QED) is 0.915. The van der Waals surface area contributed by atoms with E-state index in [1.165, 1.54) is 11.1 Å². The summed E-state index contributed by atoms with van der Waals surface area (Å²) >= 11 is 0. The Morgan fingerprint density at radius 3 is 2.10 bits per heavy atom. The Hall–Kier alpha value is -2.03. The van der Waals surface area contributed by atoms with E-state index in [9.17, 15) is 9.90 Å². The number of para-hydroxylation sites is 1. The molecule has 0 aliphatic carbocycles. The second-order valence-corrected chi connectivity index (χ2v) is 5.06. The van der Waals surface area contributed by atoms with Crippen molar-refractivity contribution in [2.75, 3.05) is 0 Å². The zero-order valence-corrected chi connectivity index (χ0v) is 12.5. The van der Waals surface area contributed by atoms with Crippen LogP contribution >= 0.6 is 0 Å². The van der Waals surface area contributed by atoms with Gasteiger partial charge in [-0.25, -0.2) is 4.79 Å². The summed E-state index contributed by atoms with van der Waals surface area (Å²) in [6.07, 6.45) is 1.87. The normalized spacial score (nSPS) is 10.8. The van der Waals surface area contributed by atoms with Crippen LogP contribution in [0.5, 0.6) is 0 Å². The summed E-state index contributed by atoms with van der Waals surface area (Å²) < 4.78 is 2.08. The molecule has 1 N–H and O–H groups in total. The van der Waals surface area contributed by atoms with E-state index in [1.807, 2.05) is 13.8 Å². The first kappa shape index (κ1) is 14.4. The van der Waals surface area contributed by atoms with Crippen LogP contribution in [0.2, 0.25) is 0 Å². The second-order valence-electron chi connectivity index (χ2n) is 5.06. The number of carboxylic acid groups (broad SMARTS) is 1. The molecule has 20 heavy (non-hydrogen) atoms. The fourth-order valence-electron chi connectivity index (χ4n) is 2.83. The highest BCUT2D eigenvalue weighted by Gasteiger charge is 2.18. The van der Waals surface area contributed by atoms with Gasteiger partial charge in [-0.15, -0.1) is 0 Å². The molecule has 0 atom stereocenters. The van der Waals surface area contributed by atoms with Crippen molar-refractivity contribution in [3.63, 3.8) is 0 Å². The number of benzene rings is 1. The number of hydrogen-bond acceptors (Lipinski definition) is 1. The second kappa shape index (κ2) is 5.53. The van der Waals surface area contributed by atoms with Crippen LogP contribution in [0.15, 0.2) is 24.3 Å². The number of carbonyl (C=O) groups is 1. The molecular formula is C17H21NO2. The maximum absolute atomic E-state index is 11.3. The number of aromatic nitrogens is 1. The molecule has 1 aromatic carbocycles. The lowest BCUT2D eigenvalue weighted by atomic mass is 10.0. The van der Waals surface area contributed by atoms with Crippen LogP contribution in [0.1, 0.15) is 46.7 Å². The average Bonchev–Trinajstić information content (AvgIpc) is 2.73. The van der Waals surface area contributed by atoms with Crippen LogP contribution in [-0.4, -0.2) is 15.6 Å². The molecule has 1 aromatic heterocycles. The number of aromatic carboxylic acids is 1. The molecule has 0 amide bonds. The minimum atomic E-state index is -0.864. The Kier molecular flexibility index (Phi) is 3.98. The molecule has 0 aliphatic heterocycles. The van der Waals surface area contributed by atoms with Gasteiger partial charge in [0.05, 0.1) is 11.3 Å². The average molecular weight is 271 g/mol. The van der Waals surface area contributed by atoms with Crippen molar-refractivity contribution in [1.29, 1.82) is 0 Å². The highest BCUT2D eigenvalue weighted by Crippen LogP contribution is 2.27. The molecule has 0 unspecified atom stereocenters. The maximum atomic E-state index is 11.3. The first-order chi connectivity index (χ1) is 9.51. The molecule has 106 valence electrons. The molecule has 0 aliphatic rings. The van der Waals surface area contributed by atoms with Crippen molar-refractivity contribution in [3.05, 3.63) is 52.3 Å². The van der Waals surface area contributed by atoms with Crippen LogP contribution in [0.3, 0.4) is 0 Å². The van der Waals surface area contributed by atoms with Crippen molar-refractivity contribution >= 4 is 5.97 Å². The summed E-state index contributed by atoms with van der Waals surface area (Å²) in [6, 6.07) is 8.07. The molecule has 0 spiro atoms. The van der Waals surface area contributed by atoms with Gasteiger partial charge in [0.25, 0.3) is 0 Å². The SMILES string of the molecule is CCc1cccc(CC)c1-n1c(C)cc(C(=O)O)c1C. The third kappa shape index (κ3) is 2.24. The lowest BCUT2D eigenvalue weighted by molar-refractivity contribution is 0.0696. The largest absolute Gasteiger partial charge is 0.478 e. The van der Waals surface area contributed by atoms with E-state index in [-0.39, 0.29) is 0 Å². The van der Waals surface area contributed by atoms with Gasteiger partial charge in [-0.1, -0.05) is 32.0 Å². The van der Waals surface area contributed by atoms with E-state index in [2.05, 4.69) is 36.6 Å². The lowest BCUT2D eigenvalue weighted by Crippen LogP contribution is -2.08. The molecule has 0 fully saturated rings. The number of aryl methyl sites for hydroxylation is 3. The van der Waals surface area contributed by atoms with Gasteiger partial charge in [0.1, 0.15) is 0 Å². The van der Waals surface area contributed by atoms with E-state index in [0.29, 0.717) is 5.56 Å². The fourth-order valence-corrected chi connectivity index (χ4v) is 2.83. The third-order valence-electron chi connectivity index (χ3n) is 3.85. The number of rotatable bonds is 4. The molecule has 2 rings (SSSR count). The first-order valence-electron chi connectivity index (χ1n) is 7.04. The molecule has 2 aromatic rings. The first-order valence-corrected chi connectivity index (χ1v) is 7.04. The van der Waals surface area contributed by atoms with Gasteiger partial charge in [-0.3, -0.25) is 0 Å². The Balaban J connectivity index is 2.78. The molecular weight excluding hydrogens is 250 g/mol. The fraction of sp³-hybridized carbons (Fsp3) is 0.353. The van der Waals surface area contributed by atoms with Crippen LogP contribution in [0.4, 0.5) is 0 Å². The van der Waals surface area contributed by atoms with Gasteiger partial charge in [-0.05, 0) is 43.9 Å². The zero-order valence-electron chi connectivity index (χ0n) is 12.5. The van der Waals surface area contributed by atoms with E-state index in [4.69, 9.17) is 0 Å². The standard InChI is InChI=1S/C17H21NO2/c1-5-13-8-7-9-14(6-2)16(13)18-11(3)10-15(12(18)4)17(19)20/h7-10H,5-6H2,1-4H3,(H,19,20). The number of nitrogens with zero attached hydrogens (tertiary/aromatic N) is 1. The smallest absolute Gasteiger partial charge is 0.337 e. The van der Waals surface area contributed by atoms with Crippen molar-refractivity contribution < 1.29 is 9.90 Å². The highest BCUT2D eigenvalue weighted by molar-refractivity contribution is 5.89.